The summed E-state index contributed by atoms with van der Waals surface area (Å²) in [5.74, 6) is 0.326. The summed E-state index contributed by atoms with van der Waals surface area (Å²) in [6.07, 6.45) is 1.38. The molecule has 0 saturated heterocycles. The fourth-order valence-corrected chi connectivity index (χ4v) is 3.29. The fraction of sp³-hybridized carbons (Fsp3) is 0.200. The van der Waals surface area contributed by atoms with Crippen molar-refractivity contribution in [2.45, 2.75) is 26.2 Å². The smallest absolute Gasteiger partial charge is 0.304 e. The molecule has 30 heavy (non-hydrogen) atoms. The molecule has 0 spiro atoms. The van der Waals surface area contributed by atoms with Crippen LogP contribution >= 0.6 is 12.4 Å². The lowest BCUT2D eigenvalue weighted by molar-refractivity contribution is -0.137. The van der Waals surface area contributed by atoms with E-state index in [0.29, 0.717) is 17.9 Å². The van der Waals surface area contributed by atoms with Gasteiger partial charge in [0, 0.05) is 18.1 Å². The van der Waals surface area contributed by atoms with Crippen molar-refractivity contribution in [2.75, 3.05) is 0 Å². The number of benzene rings is 3. The minimum Gasteiger partial charge on any atom is -0.481 e. The molecule has 0 fully saturated rings. The summed E-state index contributed by atoms with van der Waals surface area (Å²) in [4.78, 5) is 11.0. The second-order valence-electron chi connectivity index (χ2n) is 7.01. The Bertz CT molecular complexity index is 971. The van der Waals surface area contributed by atoms with Crippen LogP contribution in [0.4, 0.5) is 0 Å². The van der Waals surface area contributed by atoms with Gasteiger partial charge < -0.3 is 15.3 Å². The molecule has 0 aromatic heterocycles. The van der Waals surface area contributed by atoms with Gasteiger partial charge in [-0.25, -0.2) is 0 Å². The van der Waals surface area contributed by atoms with Crippen LogP contribution in [0, 0.1) is 11.3 Å². The van der Waals surface area contributed by atoms with Gasteiger partial charge in [-0.3, -0.25) is 4.79 Å². The summed E-state index contributed by atoms with van der Waals surface area (Å²) in [5, 5.41) is 17.4. The van der Waals surface area contributed by atoms with E-state index in [1.54, 1.807) is 0 Å². The zero-order valence-electron chi connectivity index (χ0n) is 16.9. The summed E-state index contributed by atoms with van der Waals surface area (Å²) in [5.41, 5.74) is 3.40. The van der Waals surface area contributed by atoms with Crippen molar-refractivity contribution < 1.29 is 14.6 Å². The fourth-order valence-electron chi connectivity index (χ4n) is 3.29. The summed E-state index contributed by atoms with van der Waals surface area (Å²) in [6.45, 7) is 1.91. The van der Waals surface area contributed by atoms with Gasteiger partial charge in [0.25, 0.3) is 0 Å². The van der Waals surface area contributed by atoms with Gasteiger partial charge in [0.15, 0.2) is 0 Å². The van der Waals surface area contributed by atoms with E-state index in [9.17, 15) is 4.79 Å². The molecule has 0 aliphatic carbocycles. The number of hydrogen-bond donors (Lipinski definition) is 2. The molecule has 0 amide bonds. The highest BCUT2D eigenvalue weighted by molar-refractivity contribution is 6.01. The Morgan fingerprint density at radius 2 is 1.60 bits per heavy atom. The summed E-state index contributed by atoms with van der Waals surface area (Å²) in [6, 6.07) is 25.5. The minimum atomic E-state index is -0.878. The maximum absolute atomic E-state index is 11.0. The summed E-state index contributed by atoms with van der Waals surface area (Å²) >= 11 is 0. The Kier molecular flexibility index (Phi) is 8.63. The predicted octanol–water partition coefficient (Wildman–Crippen LogP) is 6.36. The number of hydrogen-bond acceptors (Lipinski definition) is 3. The Morgan fingerprint density at radius 1 is 0.967 bits per heavy atom. The number of rotatable bonds is 9. The highest BCUT2D eigenvalue weighted by Crippen LogP contribution is 2.28. The molecule has 0 aliphatic rings. The van der Waals surface area contributed by atoms with E-state index in [-0.39, 0.29) is 24.7 Å². The Morgan fingerprint density at radius 3 is 2.23 bits per heavy atom. The molecule has 3 aromatic rings. The van der Waals surface area contributed by atoms with Crippen LogP contribution < -0.4 is 4.74 Å². The van der Waals surface area contributed by atoms with Gasteiger partial charge in [0.2, 0.25) is 0 Å². The number of nitrogens with one attached hydrogen (secondary N) is 1. The molecular weight excluding hydrogens is 398 g/mol. The maximum atomic E-state index is 11.0. The van der Waals surface area contributed by atoms with Crippen molar-refractivity contribution in [3.8, 4) is 11.5 Å². The van der Waals surface area contributed by atoms with E-state index < -0.39 is 5.97 Å². The third-order valence-electron chi connectivity index (χ3n) is 4.93. The first-order chi connectivity index (χ1) is 14.1. The van der Waals surface area contributed by atoms with Crippen molar-refractivity contribution in [3.05, 3.63) is 95.6 Å². The zero-order chi connectivity index (χ0) is 20.6. The van der Waals surface area contributed by atoms with E-state index in [4.69, 9.17) is 15.3 Å². The number of halogens is 1. The van der Waals surface area contributed by atoms with Crippen LogP contribution in [0.25, 0.3) is 0 Å². The number of carbonyl (C=O) groups is 1. The molecule has 0 bridgehead atoms. The molecule has 5 heteroatoms. The first-order valence-corrected chi connectivity index (χ1v) is 9.77. The van der Waals surface area contributed by atoms with E-state index in [2.05, 4.69) is 18.2 Å². The molecule has 4 nitrogen and oxygen atoms in total. The predicted molar refractivity (Wildman–Crippen MR) is 122 cm³/mol. The minimum absolute atomic E-state index is 0. The van der Waals surface area contributed by atoms with Crippen LogP contribution in [0.3, 0.4) is 0 Å². The second-order valence-corrected chi connectivity index (χ2v) is 7.01. The number of ether oxygens (including phenoxy) is 1. The molecular formula is C25H26ClNO3. The van der Waals surface area contributed by atoms with Crippen LogP contribution in [0.2, 0.25) is 0 Å². The van der Waals surface area contributed by atoms with Crippen LogP contribution in [0.15, 0.2) is 78.9 Å². The second kappa shape index (κ2) is 11.2. The van der Waals surface area contributed by atoms with Crippen molar-refractivity contribution in [2.24, 2.45) is 5.92 Å². The molecule has 0 saturated carbocycles. The van der Waals surface area contributed by atoms with Crippen molar-refractivity contribution >= 4 is 24.1 Å². The average Bonchev–Trinajstić information content (AvgIpc) is 2.74. The summed E-state index contributed by atoms with van der Waals surface area (Å²) < 4.78 is 6.10. The SMILES string of the molecule is CC[C@@H](CC(=O)O)C(=N)c1ccc(Oc2ccccc2Cc2ccccc2)cc1.Cl. The van der Waals surface area contributed by atoms with Crippen LogP contribution in [-0.2, 0) is 11.2 Å². The zero-order valence-corrected chi connectivity index (χ0v) is 17.7. The van der Waals surface area contributed by atoms with E-state index in [0.717, 1.165) is 23.3 Å². The largest absolute Gasteiger partial charge is 0.481 e. The van der Waals surface area contributed by atoms with Crippen molar-refractivity contribution in [1.82, 2.24) is 0 Å². The standard InChI is InChI=1S/C25H25NO3.ClH/c1-2-19(17-24(27)28)25(26)20-12-14-22(15-13-20)29-23-11-7-6-10-21(23)16-18-8-4-3-5-9-18;/h3-15,19,26H,2,16-17H2,1H3,(H,27,28);1H/t19-;/m0./s1. The number of carboxylic acids is 1. The highest BCUT2D eigenvalue weighted by atomic mass is 35.5. The van der Waals surface area contributed by atoms with Crippen molar-refractivity contribution in [3.63, 3.8) is 0 Å². The Balaban J connectivity index is 0.00000320. The molecule has 156 valence electrons. The first kappa shape index (κ1) is 23.2. The van der Waals surface area contributed by atoms with Gasteiger partial charge >= 0.3 is 5.97 Å². The lowest BCUT2D eigenvalue weighted by Crippen LogP contribution is -2.17. The topological polar surface area (TPSA) is 70.4 Å². The third kappa shape index (κ3) is 6.19. The lowest BCUT2D eigenvalue weighted by Gasteiger charge is -2.15. The highest BCUT2D eigenvalue weighted by Gasteiger charge is 2.18. The molecule has 3 aromatic carbocycles. The van der Waals surface area contributed by atoms with Crippen LogP contribution in [0.1, 0.15) is 36.5 Å². The monoisotopic (exact) mass is 423 g/mol. The van der Waals surface area contributed by atoms with Gasteiger partial charge in [-0.05, 0) is 53.4 Å². The van der Waals surface area contributed by atoms with Gasteiger partial charge in [0.1, 0.15) is 11.5 Å². The third-order valence-corrected chi connectivity index (χ3v) is 4.93. The molecule has 0 aliphatic heterocycles. The molecule has 3 rings (SSSR count). The molecule has 1 atom stereocenters. The molecule has 2 N–H and O–H groups in total. The van der Waals surface area contributed by atoms with Gasteiger partial charge in [-0.1, -0.05) is 55.5 Å². The number of para-hydroxylation sites is 1. The van der Waals surface area contributed by atoms with Gasteiger partial charge in [-0.2, -0.15) is 0 Å². The molecule has 0 radical (unpaired) electrons. The lowest BCUT2D eigenvalue weighted by atomic mass is 9.91. The number of carboxylic acid groups (broad SMARTS) is 1. The Hall–Kier alpha value is -3.11. The van der Waals surface area contributed by atoms with Gasteiger partial charge in [0.05, 0.1) is 6.42 Å². The van der Waals surface area contributed by atoms with Crippen LogP contribution in [-0.4, -0.2) is 16.8 Å². The van der Waals surface area contributed by atoms with E-state index in [1.165, 1.54) is 5.56 Å². The molecule has 0 unspecified atom stereocenters. The van der Waals surface area contributed by atoms with E-state index >= 15 is 0 Å². The quantitative estimate of drug-likeness (QED) is 0.393. The summed E-state index contributed by atoms with van der Waals surface area (Å²) in [7, 11) is 0. The Labute approximate surface area is 183 Å². The van der Waals surface area contributed by atoms with Crippen LogP contribution in [0.5, 0.6) is 11.5 Å². The van der Waals surface area contributed by atoms with Gasteiger partial charge in [-0.15, -0.1) is 12.4 Å². The number of aliphatic carboxylic acids is 1. The molecule has 0 heterocycles. The maximum Gasteiger partial charge on any atom is 0.304 e. The first-order valence-electron chi connectivity index (χ1n) is 9.77. The van der Waals surface area contributed by atoms with Crippen molar-refractivity contribution in [1.29, 1.82) is 5.41 Å². The van der Waals surface area contributed by atoms with E-state index in [1.807, 2.05) is 67.6 Å². The average molecular weight is 424 g/mol. The normalized spacial score (nSPS) is 11.2.